The lowest BCUT2D eigenvalue weighted by Crippen LogP contribution is -2.27. The maximum atomic E-state index is 3.71. The first kappa shape index (κ1) is 33.5. The molecule has 4 nitrogen and oxygen atoms in total. The van der Waals surface area contributed by atoms with Gasteiger partial charge in [-0.2, -0.15) is 0 Å². The van der Waals surface area contributed by atoms with Gasteiger partial charge >= 0.3 is 0 Å². The smallest absolute Gasteiger partial charge is 0.0213 e. The minimum Gasteiger partial charge on any atom is -0.310 e. The average molecular weight is 537 g/mol. The summed E-state index contributed by atoms with van der Waals surface area (Å²) in [6, 6.07) is 1.83. The SMILES string of the molecule is Cc1c(CNC(C)C)c(C)c(Cc2c(C)c(CNC(C)C)c(C)c(CNC(C)C)c2C)c(C)c1CNC(C)C. The van der Waals surface area contributed by atoms with Crippen LogP contribution in [0.25, 0.3) is 0 Å². The van der Waals surface area contributed by atoms with Gasteiger partial charge in [-0.15, -0.1) is 0 Å². The number of hydrogen-bond donors (Lipinski definition) is 4. The normalized spacial score (nSPS) is 12.2. The molecule has 2 aromatic rings. The summed E-state index contributed by atoms with van der Waals surface area (Å²) < 4.78 is 0. The van der Waals surface area contributed by atoms with Crippen LogP contribution >= 0.6 is 0 Å². The Balaban J connectivity index is 2.76. The molecule has 0 fully saturated rings. The third-order valence-corrected chi connectivity index (χ3v) is 8.53. The summed E-state index contributed by atoms with van der Waals surface area (Å²) >= 11 is 0. The second-order valence-electron chi connectivity index (χ2n) is 12.9. The zero-order chi connectivity index (χ0) is 29.6. The second-order valence-corrected chi connectivity index (χ2v) is 12.9. The summed E-state index contributed by atoms with van der Waals surface area (Å²) in [4.78, 5) is 0. The van der Waals surface area contributed by atoms with Crippen molar-refractivity contribution in [2.75, 3.05) is 0 Å². The Bertz CT molecular complexity index is 943. The van der Waals surface area contributed by atoms with Crippen molar-refractivity contribution in [3.05, 3.63) is 66.8 Å². The van der Waals surface area contributed by atoms with Crippen molar-refractivity contribution in [1.29, 1.82) is 0 Å². The lowest BCUT2D eigenvalue weighted by atomic mass is 9.81. The molecule has 0 aliphatic rings. The monoisotopic (exact) mass is 536 g/mol. The van der Waals surface area contributed by atoms with Crippen LogP contribution in [-0.2, 0) is 32.6 Å². The van der Waals surface area contributed by atoms with Crippen LogP contribution in [0.3, 0.4) is 0 Å². The standard InChI is InChI=1S/C35H60N4/c1-20(2)36-16-32-24(9)30(25(10)33(28(32)13)17-37-21(3)4)15-31-26(11)34(18-38-22(5)6)29(14)35(27(31)12)19-39-23(7)8/h20-23,36-39H,15-19H2,1-14H3. The molecule has 0 heterocycles. The van der Waals surface area contributed by atoms with E-state index in [9.17, 15) is 0 Å². The van der Waals surface area contributed by atoms with E-state index in [1.807, 2.05) is 0 Å². The van der Waals surface area contributed by atoms with E-state index < -0.39 is 0 Å². The Hall–Kier alpha value is -1.72. The summed E-state index contributed by atoms with van der Waals surface area (Å²) in [5.74, 6) is 0. The first-order valence-corrected chi connectivity index (χ1v) is 15.3. The Labute approximate surface area is 241 Å². The largest absolute Gasteiger partial charge is 0.310 e. The fourth-order valence-electron chi connectivity index (χ4n) is 5.77. The predicted molar refractivity (Wildman–Crippen MR) is 172 cm³/mol. The van der Waals surface area contributed by atoms with E-state index in [2.05, 4.69) is 118 Å². The van der Waals surface area contributed by atoms with Gasteiger partial charge in [-0.1, -0.05) is 55.4 Å². The lowest BCUT2D eigenvalue weighted by molar-refractivity contribution is 0.575. The molecular weight excluding hydrogens is 476 g/mol. The third kappa shape index (κ3) is 8.63. The van der Waals surface area contributed by atoms with Crippen molar-refractivity contribution in [3.8, 4) is 0 Å². The van der Waals surface area contributed by atoms with Gasteiger partial charge in [0, 0.05) is 50.3 Å². The maximum Gasteiger partial charge on any atom is 0.0213 e. The molecule has 0 saturated heterocycles. The molecule has 0 bridgehead atoms. The Morgan fingerprint density at radius 2 is 0.513 bits per heavy atom. The first-order valence-electron chi connectivity index (χ1n) is 15.3. The fourth-order valence-corrected chi connectivity index (χ4v) is 5.77. The number of nitrogens with one attached hydrogen (secondary N) is 4. The molecule has 2 aromatic carbocycles. The molecule has 0 unspecified atom stereocenters. The third-order valence-electron chi connectivity index (χ3n) is 8.53. The van der Waals surface area contributed by atoms with Crippen LogP contribution in [0, 0.1) is 41.5 Å². The van der Waals surface area contributed by atoms with Crippen LogP contribution in [0.1, 0.15) is 122 Å². The van der Waals surface area contributed by atoms with Crippen molar-refractivity contribution in [3.63, 3.8) is 0 Å². The topological polar surface area (TPSA) is 48.1 Å². The molecule has 39 heavy (non-hydrogen) atoms. The highest BCUT2D eigenvalue weighted by Crippen LogP contribution is 2.34. The van der Waals surface area contributed by atoms with Crippen molar-refractivity contribution in [2.24, 2.45) is 0 Å². The van der Waals surface area contributed by atoms with Crippen molar-refractivity contribution < 1.29 is 0 Å². The molecule has 2 rings (SSSR count). The van der Waals surface area contributed by atoms with Crippen molar-refractivity contribution in [2.45, 2.75) is 154 Å². The Kier molecular flexibility index (Phi) is 12.7. The summed E-state index contributed by atoms with van der Waals surface area (Å²) in [5.41, 5.74) is 17.6. The van der Waals surface area contributed by atoms with Crippen molar-refractivity contribution >= 4 is 0 Å². The summed E-state index contributed by atoms with van der Waals surface area (Å²) in [5, 5.41) is 14.8. The van der Waals surface area contributed by atoms with Crippen LogP contribution in [0.5, 0.6) is 0 Å². The van der Waals surface area contributed by atoms with E-state index in [-0.39, 0.29) is 0 Å². The summed E-state index contributed by atoms with van der Waals surface area (Å²) in [6.07, 6.45) is 0.975. The quantitative estimate of drug-likeness (QED) is 0.208. The molecular formula is C35H60N4. The van der Waals surface area contributed by atoms with E-state index in [0.29, 0.717) is 24.2 Å². The van der Waals surface area contributed by atoms with Crippen molar-refractivity contribution in [1.82, 2.24) is 21.3 Å². The van der Waals surface area contributed by atoms with Crippen LogP contribution in [-0.4, -0.2) is 24.2 Å². The van der Waals surface area contributed by atoms with Gasteiger partial charge < -0.3 is 21.3 Å². The van der Waals surface area contributed by atoms with Gasteiger partial charge in [0.25, 0.3) is 0 Å². The zero-order valence-electron chi connectivity index (χ0n) is 27.8. The number of rotatable bonds is 14. The fraction of sp³-hybridized carbons (Fsp3) is 0.657. The second kappa shape index (κ2) is 14.8. The lowest BCUT2D eigenvalue weighted by Gasteiger charge is -2.27. The summed E-state index contributed by atoms with van der Waals surface area (Å²) in [6.45, 7) is 35.6. The molecule has 4 heteroatoms. The molecule has 0 spiro atoms. The molecule has 0 saturated carbocycles. The first-order chi connectivity index (χ1) is 18.2. The summed E-state index contributed by atoms with van der Waals surface area (Å²) in [7, 11) is 0. The highest BCUT2D eigenvalue weighted by molar-refractivity contribution is 5.56. The van der Waals surface area contributed by atoms with Crippen LogP contribution in [0.15, 0.2) is 0 Å². The maximum absolute atomic E-state index is 3.71. The molecule has 0 aromatic heterocycles. The highest BCUT2D eigenvalue weighted by Gasteiger charge is 2.22. The molecule has 0 amide bonds. The number of benzene rings is 2. The van der Waals surface area contributed by atoms with Gasteiger partial charge in [0.1, 0.15) is 0 Å². The van der Waals surface area contributed by atoms with E-state index in [1.165, 1.54) is 66.8 Å². The number of hydrogen-bond acceptors (Lipinski definition) is 4. The average Bonchev–Trinajstić information content (AvgIpc) is 2.82. The van der Waals surface area contributed by atoms with E-state index >= 15 is 0 Å². The Morgan fingerprint density at radius 1 is 0.333 bits per heavy atom. The van der Waals surface area contributed by atoms with Gasteiger partial charge in [-0.25, -0.2) is 0 Å². The molecule has 0 aliphatic heterocycles. The molecule has 220 valence electrons. The van der Waals surface area contributed by atoms with E-state index in [4.69, 9.17) is 0 Å². The molecule has 0 radical (unpaired) electrons. The predicted octanol–water partition coefficient (Wildman–Crippen LogP) is 7.12. The zero-order valence-corrected chi connectivity index (χ0v) is 27.8. The Morgan fingerprint density at radius 3 is 0.692 bits per heavy atom. The van der Waals surface area contributed by atoms with Gasteiger partial charge in [-0.3, -0.25) is 0 Å². The van der Waals surface area contributed by atoms with Crippen LogP contribution in [0.4, 0.5) is 0 Å². The van der Waals surface area contributed by atoms with E-state index in [0.717, 1.165) is 32.6 Å². The van der Waals surface area contributed by atoms with Crippen LogP contribution in [0.2, 0.25) is 0 Å². The molecule has 0 aliphatic carbocycles. The minimum atomic E-state index is 0.458. The van der Waals surface area contributed by atoms with Gasteiger partial charge in [0.2, 0.25) is 0 Å². The van der Waals surface area contributed by atoms with Gasteiger partial charge in [-0.05, 0) is 115 Å². The van der Waals surface area contributed by atoms with Gasteiger partial charge in [0.15, 0.2) is 0 Å². The molecule has 4 N–H and O–H groups in total. The van der Waals surface area contributed by atoms with Gasteiger partial charge in [0.05, 0.1) is 0 Å². The highest BCUT2D eigenvalue weighted by atomic mass is 14.9. The van der Waals surface area contributed by atoms with E-state index in [1.54, 1.807) is 0 Å². The molecule has 0 atom stereocenters. The van der Waals surface area contributed by atoms with Crippen LogP contribution < -0.4 is 21.3 Å². The minimum absolute atomic E-state index is 0.458.